The zero-order valence-corrected chi connectivity index (χ0v) is 27.5. The number of imidazole rings is 1. The number of amides is 1. The van der Waals surface area contributed by atoms with Gasteiger partial charge in [-0.05, 0) is 82.6 Å². The van der Waals surface area contributed by atoms with E-state index in [1.165, 1.54) is 17.8 Å². The third-order valence-corrected chi connectivity index (χ3v) is 9.60. The molecule has 1 amide bonds. The average molecular weight is 648 g/mol. The highest BCUT2D eigenvalue weighted by Crippen LogP contribution is 2.36. The van der Waals surface area contributed by atoms with Crippen molar-refractivity contribution in [3.8, 4) is 10.6 Å². The third-order valence-electron chi connectivity index (χ3n) is 8.43. The Balaban J connectivity index is 1.08. The molecule has 2 fully saturated rings. The Morgan fingerprint density at radius 1 is 1.13 bits per heavy atom. The molecular formula is C33H38ClN7O3S. The van der Waals surface area contributed by atoms with Crippen molar-refractivity contribution < 1.29 is 14.3 Å². The number of benzene rings is 1. The van der Waals surface area contributed by atoms with Gasteiger partial charge in [-0.15, -0.1) is 10.2 Å². The zero-order chi connectivity index (χ0) is 31.1. The number of rotatable bonds is 8. The number of fused-ring (bicyclic) bond motifs is 2. The SMILES string of the molecule is CC(C)(C)OC(=O)N(Cc1ccc2nc(Cc3nnc(-c4cc(Cl)cc5c4cnn5C4CCCCO4)s3)cn2c1)CC1CCC1. The van der Waals surface area contributed by atoms with Crippen LogP contribution in [-0.4, -0.2) is 59.1 Å². The number of pyridine rings is 1. The van der Waals surface area contributed by atoms with E-state index in [9.17, 15) is 4.79 Å². The Bertz CT molecular complexity index is 1830. The molecule has 1 unspecified atom stereocenters. The molecule has 1 atom stereocenters. The number of ether oxygens (including phenoxy) is 2. The molecule has 45 heavy (non-hydrogen) atoms. The summed E-state index contributed by atoms with van der Waals surface area (Å²) in [5.74, 6) is 0.544. The van der Waals surface area contributed by atoms with Gasteiger partial charge in [0.15, 0.2) is 6.23 Å². The van der Waals surface area contributed by atoms with E-state index >= 15 is 0 Å². The van der Waals surface area contributed by atoms with Gasteiger partial charge in [0.25, 0.3) is 0 Å². The maximum atomic E-state index is 13.0. The Kier molecular flexibility index (Phi) is 8.26. The Labute approximate surface area is 271 Å². The number of nitrogens with zero attached hydrogens (tertiary/aromatic N) is 7. The van der Waals surface area contributed by atoms with Gasteiger partial charge in [-0.2, -0.15) is 5.10 Å². The number of carbonyl (C=O) groups is 1. The topological polar surface area (TPSA) is 99.7 Å². The maximum absolute atomic E-state index is 13.0. The number of carbonyl (C=O) groups excluding carboxylic acids is 1. The van der Waals surface area contributed by atoms with Crippen LogP contribution in [0.2, 0.25) is 5.02 Å². The molecule has 4 aromatic heterocycles. The van der Waals surface area contributed by atoms with E-state index in [4.69, 9.17) is 26.1 Å². The molecule has 7 rings (SSSR count). The van der Waals surface area contributed by atoms with Crippen LogP contribution >= 0.6 is 22.9 Å². The minimum absolute atomic E-state index is 0.0776. The van der Waals surface area contributed by atoms with E-state index in [2.05, 4.69) is 15.3 Å². The van der Waals surface area contributed by atoms with Crippen LogP contribution < -0.4 is 0 Å². The second-order valence-electron chi connectivity index (χ2n) is 13.2. The molecule has 1 saturated carbocycles. The highest BCUT2D eigenvalue weighted by molar-refractivity contribution is 7.14. The first-order chi connectivity index (χ1) is 21.7. The van der Waals surface area contributed by atoms with Gasteiger partial charge < -0.3 is 18.8 Å². The summed E-state index contributed by atoms with van der Waals surface area (Å²) in [4.78, 5) is 19.7. The summed E-state index contributed by atoms with van der Waals surface area (Å²) in [6.07, 6.45) is 12.9. The Morgan fingerprint density at radius 3 is 2.76 bits per heavy atom. The second kappa shape index (κ2) is 12.3. The lowest BCUT2D eigenvalue weighted by Gasteiger charge is -2.33. The number of hydrogen-bond acceptors (Lipinski definition) is 8. The van der Waals surface area contributed by atoms with Gasteiger partial charge in [0.05, 0.1) is 24.0 Å². The van der Waals surface area contributed by atoms with Crippen molar-refractivity contribution >= 4 is 45.6 Å². The fourth-order valence-electron chi connectivity index (χ4n) is 6.03. The van der Waals surface area contributed by atoms with Crippen molar-refractivity contribution in [3.63, 3.8) is 0 Å². The number of halogens is 1. The highest BCUT2D eigenvalue weighted by Gasteiger charge is 2.28. The lowest BCUT2D eigenvalue weighted by molar-refractivity contribution is -0.0366. The molecule has 0 N–H and O–H groups in total. The molecule has 12 heteroatoms. The highest BCUT2D eigenvalue weighted by atomic mass is 35.5. The summed E-state index contributed by atoms with van der Waals surface area (Å²) < 4.78 is 15.7. The Hall–Kier alpha value is -3.54. The molecule has 5 aromatic rings. The molecule has 1 aromatic carbocycles. The first kappa shape index (κ1) is 30.1. The van der Waals surface area contributed by atoms with Crippen LogP contribution in [0.4, 0.5) is 4.79 Å². The first-order valence-electron chi connectivity index (χ1n) is 15.7. The van der Waals surface area contributed by atoms with Crippen molar-refractivity contribution in [2.24, 2.45) is 5.92 Å². The molecule has 1 aliphatic carbocycles. The zero-order valence-electron chi connectivity index (χ0n) is 25.9. The molecule has 10 nitrogen and oxygen atoms in total. The van der Waals surface area contributed by atoms with Crippen molar-refractivity contribution in [2.45, 2.75) is 84.1 Å². The molecule has 0 bridgehead atoms. The van der Waals surface area contributed by atoms with Crippen LogP contribution in [0.1, 0.15) is 81.8 Å². The van der Waals surface area contributed by atoms with Gasteiger partial charge in [0.2, 0.25) is 0 Å². The number of hydrogen-bond donors (Lipinski definition) is 0. The van der Waals surface area contributed by atoms with Gasteiger partial charge >= 0.3 is 6.09 Å². The van der Waals surface area contributed by atoms with E-state index in [-0.39, 0.29) is 12.3 Å². The van der Waals surface area contributed by atoms with Crippen molar-refractivity contribution in [2.75, 3.05) is 13.2 Å². The third kappa shape index (κ3) is 6.71. The van der Waals surface area contributed by atoms with Gasteiger partial charge in [-0.25, -0.2) is 14.5 Å². The molecule has 1 saturated heterocycles. The van der Waals surface area contributed by atoms with Crippen LogP contribution in [0.15, 0.2) is 42.9 Å². The molecular weight excluding hydrogens is 610 g/mol. The lowest BCUT2D eigenvalue weighted by atomic mass is 9.85. The normalized spacial score (nSPS) is 17.6. The summed E-state index contributed by atoms with van der Waals surface area (Å²) in [6.45, 7) is 7.67. The summed E-state index contributed by atoms with van der Waals surface area (Å²) in [7, 11) is 0. The van der Waals surface area contributed by atoms with E-state index in [0.29, 0.717) is 23.9 Å². The predicted octanol–water partition coefficient (Wildman–Crippen LogP) is 7.68. The molecule has 1 aliphatic heterocycles. The molecule has 0 spiro atoms. The Morgan fingerprint density at radius 2 is 2.00 bits per heavy atom. The fraction of sp³-hybridized carbons (Fsp3) is 0.485. The largest absolute Gasteiger partial charge is 0.444 e. The van der Waals surface area contributed by atoms with Crippen LogP contribution in [-0.2, 0) is 22.4 Å². The fourth-order valence-corrected chi connectivity index (χ4v) is 7.13. The summed E-state index contributed by atoms with van der Waals surface area (Å²) in [5, 5.41) is 17.0. The summed E-state index contributed by atoms with van der Waals surface area (Å²) in [6, 6.07) is 7.91. The second-order valence-corrected chi connectivity index (χ2v) is 14.7. The van der Waals surface area contributed by atoms with E-state index in [0.717, 1.165) is 88.6 Å². The van der Waals surface area contributed by atoms with E-state index in [1.807, 2.05) is 77.6 Å². The lowest BCUT2D eigenvalue weighted by Crippen LogP contribution is -2.40. The number of aromatic nitrogens is 6. The molecule has 236 valence electrons. The minimum atomic E-state index is -0.534. The van der Waals surface area contributed by atoms with Gasteiger partial charge in [-0.1, -0.05) is 35.4 Å². The maximum Gasteiger partial charge on any atom is 0.410 e. The minimum Gasteiger partial charge on any atom is -0.444 e. The van der Waals surface area contributed by atoms with Gasteiger partial charge in [0, 0.05) is 47.9 Å². The predicted molar refractivity (Wildman–Crippen MR) is 174 cm³/mol. The van der Waals surface area contributed by atoms with Crippen LogP contribution in [0.3, 0.4) is 0 Å². The molecule has 5 heterocycles. The monoisotopic (exact) mass is 647 g/mol. The van der Waals surface area contributed by atoms with Crippen molar-refractivity contribution in [1.29, 1.82) is 0 Å². The van der Waals surface area contributed by atoms with Crippen LogP contribution in [0.5, 0.6) is 0 Å². The van der Waals surface area contributed by atoms with E-state index < -0.39 is 5.60 Å². The molecule has 2 aliphatic rings. The van der Waals surface area contributed by atoms with Gasteiger partial charge in [0.1, 0.15) is 21.3 Å². The summed E-state index contributed by atoms with van der Waals surface area (Å²) >= 11 is 8.12. The van der Waals surface area contributed by atoms with Crippen molar-refractivity contribution in [3.05, 3.63) is 64.1 Å². The van der Waals surface area contributed by atoms with Gasteiger partial charge in [-0.3, -0.25) is 0 Å². The smallest absolute Gasteiger partial charge is 0.410 e. The molecule has 0 radical (unpaired) electrons. The average Bonchev–Trinajstić information content (AvgIpc) is 3.71. The quantitative estimate of drug-likeness (QED) is 0.170. The van der Waals surface area contributed by atoms with Crippen molar-refractivity contribution in [1.82, 2.24) is 34.3 Å². The first-order valence-corrected chi connectivity index (χ1v) is 16.9. The summed E-state index contributed by atoms with van der Waals surface area (Å²) in [5.41, 5.74) is 4.09. The van der Waals surface area contributed by atoms with E-state index in [1.54, 1.807) is 0 Å². The standard InChI is InChI=1S/C33H38ClN7O3S/c1-33(2,3)44-32(42)40(17-21-7-6-8-21)19-22-10-11-28-36-24(20-39(28)18-22)15-29-37-38-31(45-29)25-13-23(34)14-27-26(25)16-35-41(27)30-9-4-5-12-43-30/h10-11,13-14,16,18,20-21,30H,4-9,12,15,17,19H2,1-3H3. The van der Waals surface area contributed by atoms with Crippen LogP contribution in [0, 0.1) is 5.92 Å². The van der Waals surface area contributed by atoms with Crippen LogP contribution in [0.25, 0.3) is 27.1 Å².